The van der Waals surface area contributed by atoms with Crippen molar-refractivity contribution in [3.8, 4) is 11.5 Å². The summed E-state index contributed by atoms with van der Waals surface area (Å²) in [6, 6.07) is 12.6. The molecule has 2 aromatic carbocycles. The van der Waals surface area contributed by atoms with E-state index in [1.165, 1.54) is 0 Å². The fraction of sp³-hybridized carbons (Fsp3) is 0.0769. The van der Waals surface area contributed by atoms with Crippen LogP contribution in [0.1, 0.15) is 5.56 Å². The maximum absolute atomic E-state index is 9.00. The summed E-state index contributed by atoms with van der Waals surface area (Å²) in [5, 5.41) is 9.63. The van der Waals surface area contributed by atoms with E-state index >= 15 is 0 Å². The third-order valence-corrected chi connectivity index (χ3v) is 3.06. The van der Waals surface area contributed by atoms with Gasteiger partial charge in [-0.3, -0.25) is 0 Å². The van der Waals surface area contributed by atoms with Gasteiger partial charge in [-0.25, -0.2) is 0 Å². The molecule has 0 aliphatic heterocycles. The Kier molecular flexibility index (Phi) is 4.05. The Labute approximate surface area is 113 Å². The van der Waals surface area contributed by atoms with Crippen LogP contribution >= 0.6 is 27.5 Å². The van der Waals surface area contributed by atoms with Gasteiger partial charge in [0.15, 0.2) is 0 Å². The van der Waals surface area contributed by atoms with Crippen molar-refractivity contribution in [1.82, 2.24) is 0 Å². The van der Waals surface area contributed by atoms with Gasteiger partial charge in [-0.05, 0) is 51.8 Å². The van der Waals surface area contributed by atoms with E-state index in [0.717, 1.165) is 10.0 Å². The van der Waals surface area contributed by atoms with E-state index in [4.69, 9.17) is 21.4 Å². The van der Waals surface area contributed by atoms with Crippen molar-refractivity contribution >= 4 is 27.5 Å². The average molecular weight is 314 g/mol. The van der Waals surface area contributed by atoms with Crippen LogP contribution in [-0.4, -0.2) is 5.11 Å². The second-order valence-electron chi connectivity index (χ2n) is 3.48. The smallest absolute Gasteiger partial charge is 0.141 e. The normalized spacial score (nSPS) is 10.3. The molecule has 0 unspecified atom stereocenters. The number of rotatable bonds is 3. The van der Waals surface area contributed by atoms with Gasteiger partial charge in [0.1, 0.15) is 11.5 Å². The zero-order chi connectivity index (χ0) is 12.3. The predicted octanol–water partition coefficient (Wildman–Crippen LogP) is 4.39. The van der Waals surface area contributed by atoms with Crippen molar-refractivity contribution in [1.29, 1.82) is 0 Å². The SMILES string of the molecule is OCc1ccc(Oc2cccc(Cl)c2)c(Br)c1. The van der Waals surface area contributed by atoms with Gasteiger partial charge in [0.05, 0.1) is 11.1 Å². The molecule has 0 heterocycles. The summed E-state index contributed by atoms with van der Waals surface area (Å²) in [7, 11) is 0. The van der Waals surface area contributed by atoms with Gasteiger partial charge in [-0.15, -0.1) is 0 Å². The molecule has 0 aliphatic carbocycles. The maximum Gasteiger partial charge on any atom is 0.141 e. The van der Waals surface area contributed by atoms with Crippen molar-refractivity contribution in [3.63, 3.8) is 0 Å². The summed E-state index contributed by atoms with van der Waals surface area (Å²) in [4.78, 5) is 0. The molecule has 2 nitrogen and oxygen atoms in total. The molecular formula is C13H10BrClO2. The van der Waals surface area contributed by atoms with E-state index in [0.29, 0.717) is 16.5 Å². The highest BCUT2D eigenvalue weighted by Gasteiger charge is 2.04. The lowest BCUT2D eigenvalue weighted by Gasteiger charge is -2.08. The summed E-state index contributed by atoms with van der Waals surface area (Å²) in [5.74, 6) is 1.36. The molecule has 0 fully saturated rings. The molecule has 0 aromatic heterocycles. The van der Waals surface area contributed by atoms with Crippen molar-refractivity contribution < 1.29 is 9.84 Å². The van der Waals surface area contributed by atoms with Crippen LogP contribution in [0.2, 0.25) is 5.02 Å². The first-order valence-electron chi connectivity index (χ1n) is 5.02. The summed E-state index contributed by atoms with van der Waals surface area (Å²) < 4.78 is 6.47. The fourth-order valence-corrected chi connectivity index (χ4v) is 2.07. The molecule has 4 heteroatoms. The molecule has 0 radical (unpaired) electrons. The third-order valence-electron chi connectivity index (χ3n) is 2.20. The second kappa shape index (κ2) is 5.54. The molecule has 0 spiro atoms. The number of aliphatic hydroxyl groups is 1. The molecule has 0 atom stereocenters. The first kappa shape index (κ1) is 12.4. The standard InChI is InChI=1S/C13H10BrClO2/c14-12-6-9(8-16)4-5-13(12)17-11-3-1-2-10(15)7-11/h1-7,16H,8H2. The number of ether oxygens (including phenoxy) is 1. The molecule has 0 amide bonds. The topological polar surface area (TPSA) is 29.5 Å². The Balaban J connectivity index is 2.24. The first-order chi connectivity index (χ1) is 8.19. The Morgan fingerprint density at radius 3 is 2.65 bits per heavy atom. The predicted molar refractivity (Wildman–Crippen MR) is 71.6 cm³/mol. The lowest BCUT2D eigenvalue weighted by Crippen LogP contribution is -1.88. The van der Waals surface area contributed by atoms with Gasteiger partial charge in [0.2, 0.25) is 0 Å². The van der Waals surface area contributed by atoms with E-state index in [-0.39, 0.29) is 6.61 Å². The highest BCUT2D eigenvalue weighted by Crippen LogP contribution is 2.31. The van der Waals surface area contributed by atoms with Gasteiger partial charge in [-0.1, -0.05) is 23.7 Å². The van der Waals surface area contributed by atoms with Gasteiger partial charge in [0, 0.05) is 5.02 Å². The molecular weight excluding hydrogens is 303 g/mol. The molecule has 0 saturated carbocycles. The zero-order valence-electron chi connectivity index (χ0n) is 8.86. The molecule has 2 aromatic rings. The molecule has 0 bridgehead atoms. The fourth-order valence-electron chi connectivity index (χ4n) is 1.38. The lowest BCUT2D eigenvalue weighted by molar-refractivity contribution is 0.281. The van der Waals surface area contributed by atoms with Gasteiger partial charge < -0.3 is 9.84 Å². The van der Waals surface area contributed by atoms with E-state index < -0.39 is 0 Å². The maximum atomic E-state index is 9.00. The Morgan fingerprint density at radius 1 is 1.18 bits per heavy atom. The minimum Gasteiger partial charge on any atom is -0.456 e. The first-order valence-corrected chi connectivity index (χ1v) is 6.19. The summed E-state index contributed by atoms with van der Waals surface area (Å²) >= 11 is 9.27. The number of halogens is 2. The molecule has 1 N–H and O–H groups in total. The van der Waals surface area contributed by atoms with E-state index in [1.807, 2.05) is 24.3 Å². The minimum atomic E-state index is 0.00997. The zero-order valence-corrected chi connectivity index (χ0v) is 11.2. The Morgan fingerprint density at radius 2 is 2.00 bits per heavy atom. The lowest BCUT2D eigenvalue weighted by atomic mass is 10.2. The minimum absolute atomic E-state index is 0.00997. The summed E-state index contributed by atoms with van der Waals surface area (Å²) in [6.07, 6.45) is 0. The highest BCUT2D eigenvalue weighted by atomic mass is 79.9. The van der Waals surface area contributed by atoms with E-state index in [9.17, 15) is 0 Å². The largest absolute Gasteiger partial charge is 0.456 e. The Bertz CT molecular complexity index is 529. The summed E-state index contributed by atoms with van der Waals surface area (Å²) in [6.45, 7) is 0.00997. The van der Waals surface area contributed by atoms with E-state index in [2.05, 4.69) is 15.9 Å². The van der Waals surface area contributed by atoms with Crippen molar-refractivity contribution in [2.45, 2.75) is 6.61 Å². The second-order valence-corrected chi connectivity index (χ2v) is 4.77. The van der Waals surface area contributed by atoms with Crippen molar-refractivity contribution in [3.05, 3.63) is 57.5 Å². The van der Waals surface area contributed by atoms with Crippen LogP contribution in [0.3, 0.4) is 0 Å². The number of aliphatic hydroxyl groups excluding tert-OH is 1. The van der Waals surface area contributed by atoms with Crippen molar-refractivity contribution in [2.24, 2.45) is 0 Å². The quantitative estimate of drug-likeness (QED) is 0.911. The van der Waals surface area contributed by atoms with Crippen LogP contribution in [0.25, 0.3) is 0 Å². The monoisotopic (exact) mass is 312 g/mol. The highest BCUT2D eigenvalue weighted by molar-refractivity contribution is 9.10. The van der Waals surface area contributed by atoms with Crippen LogP contribution < -0.4 is 4.74 Å². The third kappa shape index (κ3) is 3.22. The molecule has 17 heavy (non-hydrogen) atoms. The molecule has 0 saturated heterocycles. The summed E-state index contributed by atoms with van der Waals surface area (Å²) in [5.41, 5.74) is 0.829. The van der Waals surface area contributed by atoms with Crippen LogP contribution in [0.5, 0.6) is 11.5 Å². The van der Waals surface area contributed by atoms with Gasteiger partial charge in [-0.2, -0.15) is 0 Å². The van der Waals surface area contributed by atoms with Gasteiger partial charge in [0.25, 0.3) is 0 Å². The molecule has 0 aliphatic rings. The van der Waals surface area contributed by atoms with Crippen LogP contribution in [0.4, 0.5) is 0 Å². The molecule has 88 valence electrons. The van der Waals surface area contributed by atoms with E-state index in [1.54, 1.807) is 18.2 Å². The Hall–Kier alpha value is -1.03. The van der Waals surface area contributed by atoms with Crippen LogP contribution in [0, 0.1) is 0 Å². The van der Waals surface area contributed by atoms with Crippen molar-refractivity contribution in [2.75, 3.05) is 0 Å². The number of benzene rings is 2. The average Bonchev–Trinajstić information content (AvgIpc) is 2.32. The van der Waals surface area contributed by atoms with Crippen LogP contribution in [0.15, 0.2) is 46.9 Å². The number of hydrogen-bond acceptors (Lipinski definition) is 2. The van der Waals surface area contributed by atoms with Crippen LogP contribution in [-0.2, 0) is 6.61 Å². The molecule has 2 rings (SSSR count). The number of hydrogen-bond donors (Lipinski definition) is 1. The van der Waals surface area contributed by atoms with Gasteiger partial charge >= 0.3 is 0 Å².